The molecule has 2 atom stereocenters. The zero-order chi connectivity index (χ0) is 12.1. The van der Waals surface area contributed by atoms with E-state index >= 15 is 0 Å². The molecule has 0 aromatic heterocycles. The lowest BCUT2D eigenvalue weighted by molar-refractivity contribution is 0.387. The van der Waals surface area contributed by atoms with Crippen LogP contribution in [0.2, 0.25) is 0 Å². The summed E-state index contributed by atoms with van der Waals surface area (Å²) in [6.45, 7) is 8.95. The second kappa shape index (κ2) is 6.05. The molecule has 1 N–H and O–H groups in total. The molecule has 0 aliphatic carbocycles. The number of benzene rings is 1. The van der Waals surface area contributed by atoms with Crippen molar-refractivity contribution in [3.8, 4) is 0 Å². The molecule has 0 saturated carbocycles. The van der Waals surface area contributed by atoms with E-state index in [4.69, 9.17) is 0 Å². The van der Waals surface area contributed by atoms with Gasteiger partial charge in [0.2, 0.25) is 0 Å². The van der Waals surface area contributed by atoms with Crippen molar-refractivity contribution in [2.45, 2.75) is 46.6 Å². The molecule has 1 heteroatoms. The number of hydrogen-bond acceptors (Lipinski definition) is 1. The highest BCUT2D eigenvalue weighted by Crippen LogP contribution is 2.17. The summed E-state index contributed by atoms with van der Waals surface area (Å²) >= 11 is 0. The van der Waals surface area contributed by atoms with Crippen molar-refractivity contribution in [3.05, 3.63) is 34.9 Å². The second-order valence-corrected chi connectivity index (χ2v) is 4.90. The molecule has 1 aromatic carbocycles. The van der Waals surface area contributed by atoms with Gasteiger partial charge in [-0.15, -0.1) is 0 Å². The molecule has 1 rings (SSSR count). The molecular formula is C15H25N. The third-order valence-corrected chi connectivity index (χ3v) is 3.63. The molecule has 0 aliphatic rings. The lowest BCUT2D eigenvalue weighted by Gasteiger charge is -2.22. The summed E-state index contributed by atoms with van der Waals surface area (Å²) in [5.41, 5.74) is 4.25. The van der Waals surface area contributed by atoms with E-state index in [1.807, 2.05) is 0 Å². The van der Waals surface area contributed by atoms with E-state index in [-0.39, 0.29) is 0 Å². The van der Waals surface area contributed by atoms with Gasteiger partial charge in [0.1, 0.15) is 0 Å². The first kappa shape index (κ1) is 13.2. The van der Waals surface area contributed by atoms with Crippen molar-refractivity contribution in [1.29, 1.82) is 0 Å². The zero-order valence-corrected chi connectivity index (χ0v) is 11.3. The van der Waals surface area contributed by atoms with Crippen LogP contribution in [0.5, 0.6) is 0 Å². The first-order chi connectivity index (χ1) is 7.58. The van der Waals surface area contributed by atoms with Crippen molar-refractivity contribution in [2.75, 3.05) is 7.05 Å². The van der Waals surface area contributed by atoms with E-state index in [9.17, 15) is 0 Å². The van der Waals surface area contributed by atoms with Crippen molar-refractivity contribution < 1.29 is 0 Å². The lowest BCUT2D eigenvalue weighted by Crippen LogP contribution is -2.32. The summed E-state index contributed by atoms with van der Waals surface area (Å²) in [4.78, 5) is 0. The van der Waals surface area contributed by atoms with Gasteiger partial charge in [0, 0.05) is 6.04 Å². The van der Waals surface area contributed by atoms with Crippen molar-refractivity contribution in [1.82, 2.24) is 5.32 Å². The van der Waals surface area contributed by atoms with Crippen LogP contribution < -0.4 is 5.32 Å². The predicted molar refractivity (Wildman–Crippen MR) is 71.9 cm³/mol. The van der Waals surface area contributed by atoms with Crippen molar-refractivity contribution in [2.24, 2.45) is 5.92 Å². The summed E-state index contributed by atoms with van der Waals surface area (Å²) in [5, 5.41) is 3.40. The first-order valence-electron chi connectivity index (χ1n) is 6.31. The Morgan fingerprint density at radius 2 is 1.88 bits per heavy atom. The third kappa shape index (κ3) is 3.34. The smallest absolute Gasteiger partial charge is 0.00902 e. The van der Waals surface area contributed by atoms with Crippen LogP contribution in [0.25, 0.3) is 0 Å². The minimum absolute atomic E-state index is 0.626. The Labute approximate surface area is 100 Å². The summed E-state index contributed by atoms with van der Waals surface area (Å²) in [6.07, 6.45) is 2.36. The fourth-order valence-corrected chi connectivity index (χ4v) is 2.34. The van der Waals surface area contributed by atoms with Gasteiger partial charge in [0.05, 0.1) is 0 Å². The monoisotopic (exact) mass is 219 g/mol. The quantitative estimate of drug-likeness (QED) is 0.799. The highest BCUT2D eigenvalue weighted by Gasteiger charge is 2.13. The van der Waals surface area contributed by atoms with Crippen molar-refractivity contribution >= 4 is 0 Å². The van der Waals surface area contributed by atoms with E-state index in [0.717, 1.165) is 0 Å². The van der Waals surface area contributed by atoms with Gasteiger partial charge in [-0.25, -0.2) is 0 Å². The van der Waals surface area contributed by atoms with Crippen LogP contribution in [0.15, 0.2) is 18.2 Å². The SMILES string of the molecule is CCC(NC)C(C)Cc1ccc(C)c(C)c1. The maximum Gasteiger partial charge on any atom is 0.00902 e. The molecule has 1 aromatic rings. The molecular weight excluding hydrogens is 194 g/mol. The number of hydrogen-bond donors (Lipinski definition) is 1. The Bertz CT molecular complexity index is 326. The van der Waals surface area contributed by atoms with Crippen molar-refractivity contribution in [3.63, 3.8) is 0 Å². The average Bonchev–Trinajstić information content (AvgIpc) is 2.25. The molecule has 0 radical (unpaired) electrons. The lowest BCUT2D eigenvalue weighted by atomic mass is 9.91. The van der Waals surface area contributed by atoms with Crippen LogP contribution in [-0.2, 0) is 6.42 Å². The van der Waals surface area contributed by atoms with E-state index < -0.39 is 0 Å². The molecule has 2 unspecified atom stereocenters. The predicted octanol–water partition coefficient (Wildman–Crippen LogP) is 3.48. The Balaban J connectivity index is 2.69. The molecule has 0 heterocycles. The molecule has 0 fully saturated rings. The summed E-state index contributed by atoms with van der Waals surface area (Å²) in [6, 6.07) is 7.45. The molecule has 1 nitrogen and oxygen atoms in total. The molecule has 0 spiro atoms. The molecule has 16 heavy (non-hydrogen) atoms. The normalized spacial score (nSPS) is 14.8. The van der Waals surface area contributed by atoms with Gasteiger partial charge in [-0.3, -0.25) is 0 Å². The summed E-state index contributed by atoms with van der Waals surface area (Å²) in [7, 11) is 2.06. The number of rotatable bonds is 5. The Kier molecular flexibility index (Phi) is 5.01. The first-order valence-corrected chi connectivity index (χ1v) is 6.31. The largest absolute Gasteiger partial charge is 0.317 e. The summed E-state index contributed by atoms with van der Waals surface area (Å²) in [5.74, 6) is 0.692. The number of aryl methyl sites for hydroxylation is 2. The van der Waals surface area contributed by atoms with Gasteiger partial charge in [0.25, 0.3) is 0 Å². The maximum absolute atomic E-state index is 3.40. The third-order valence-electron chi connectivity index (χ3n) is 3.63. The van der Waals surface area contributed by atoms with Gasteiger partial charge < -0.3 is 5.32 Å². The van der Waals surface area contributed by atoms with Crippen LogP contribution in [0.3, 0.4) is 0 Å². The van der Waals surface area contributed by atoms with Gasteiger partial charge in [-0.2, -0.15) is 0 Å². The van der Waals surface area contributed by atoms with E-state index in [1.54, 1.807) is 0 Å². The van der Waals surface area contributed by atoms with Gasteiger partial charge in [-0.1, -0.05) is 32.0 Å². The second-order valence-electron chi connectivity index (χ2n) is 4.90. The van der Waals surface area contributed by atoms with Crippen LogP contribution in [0, 0.1) is 19.8 Å². The van der Waals surface area contributed by atoms with Crippen LogP contribution >= 0.6 is 0 Å². The molecule has 0 bridgehead atoms. The summed E-state index contributed by atoms with van der Waals surface area (Å²) < 4.78 is 0. The van der Waals surface area contributed by atoms with E-state index in [2.05, 4.69) is 58.3 Å². The van der Waals surface area contributed by atoms with E-state index in [1.165, 1.54) is 29.5 Å². The minimum atomic E-state index is 0.626. The Morgan fingerprint density at radius 1 is 1.19 bits per heavy atom. The van der Waals surface area contributed by atoms with Gasteiger partial charge >= 0.3 is 0 Å². The maximum atomic E-state index is 3.40. The average molecular weight is 219 g/mol. The standard InChI is InChI=1S/C15H25N/c1-6-15(16-5)13(4)10-14-8-7-11(2)12(3)9-14/h7-9,13,15-16H,6,10H2,1-5H3. The van der Waals surface area contributed by atoms with Crippen LogP contribution in [-0.4, -0.2) is 13.1 Å². The van der Waals surface area contributed by atoms with Gasteiger partial charge in [-0.05, 0) is 56.3 Å². The zero-order valence-electron chi connectivity index (χ0n) is 11.3. The van der Waals surface area contributed by atoms with Gasteiger partial charge in [0.15, 0.2) is 0 Å². The van der Waals surface area contributed by atoms with Crippen LogP contribution in [0.4, 0.5) is 0 Å². The fraction of sp³-hybridized carbons (Fsp3) is 0.600. The topological polar surface area (TPSA) is 12.0 Å². The molecule has 0 amide bonds. The molecule has 0 saturated heterocycles. The number of nitrogens with one attached hydrogen (secondary N) is 1. The Hall–Kier alpha value is -0.820. The molecule has 90 valence electrons. The fourth-order valence-electron chi connectivity index (χ4n) is 2.34. The molecule has 0 aliphatic heterocycles. The highest BCUT2D eigenvalue weighted by atomic mass is 14.9. The van der Waals surface area contributed by atoms with E-state index in [0.29, 0.717) is 12.0 Å². The minimum Gasteiger partial charge on any atom is -0.317 e. The van der Waals surface area contributed by atoms with Crippen LogP contribution in [0.1, 0.15) is 37.0 Å². The highest BCUT2D eigenvalue weighted by molar-refractivity contribution is 5.30. The Morgan fingerprint density at radius 3 is 2.38 bits per heavy atom.